The van der Waals surface area contributed by atoms with E-state index in [1.165, 1.54) is 12.8 Å². The van der Waals surface area contributed by atoms with Crippen molar-refractivity contribution in [3.8, 4) is 0 Å². The second kappa shape index (κ2) is 5.47. The van der Waals surface area contributed by atoms with E-state index in [0.29, 0.717) is 0 Å². The summed E-state index contributed by atoms with van der Waals surface area (Å²) in [5.74, 6) is 0. The normalized spacial score (nSPS) is 14.5. The molecule has 3 rings (SSSR count). The number of pyridine rings is 1. The number of hydrogen-bond donors (Lipinski definition) is 1. The summed E-state index contributed by atoms with van der Waals surface area (Å²) in [6.07, 6.45) is 4.30. The Labute approximate surface area is 95.2 Å². The molecule has 2 aromatic rings. The number of aromatic nitrogens is 1. The van der Waals surface area contributed by atoms with E-state index in [4.69, 9.17) is 10.5 Å². The minimum Gasteiger partial charge on any atom is -0.397 e. The fourth-order valence-corrected chi connectivity index (χ4v) is 1.64. The van der Waals surface area contributed by atoms with Crippen LogP contribution in [0.2, 0.25) is 0 Å². The van der Waals surface area contributed by atoms with E-state index >= 15 is 0 Å². The second-order valence-electron chi connectivity index (χ2n) is 3.74. The molecule has 0 bridgehead atoms. The maximum atomic E-state index is 5.69. The maximum absolute atomic E-state index is 5.69. The number of nitrogen functional groups attached to an aromatic ring is 1. The Kier molecular flexibility index (Phi) is 3.72. The van der Waals surface area contributed by atoms with Crippen molar-refractivity contribution in [1.29, 1.82) is 0 Å². The first-order valence-electron chi connectivity index (χ1n) is 5.55. The predicted molar refractivity (Wildman–Crippen MR) is 66.2 cm³/mol. The number of nitrogens with two attached hydrogens (primary N) is 1. The molecule has 1 aromatic heterocycles. The minimum atomic E-state index is 0.739. The summed E-state index contributed by atoms with van der Waals surface area (Å²) >= 11 is 0. The van der Waals surface area contributed by atoms with E-state index in [-0.39, 0.29) is 0 Å². The number of benzene rings is 1. The molecule has 84 valence electrons. The lowest BCUT2D eigenvalue weighted by Crippen LogP contribution is -1.87. The smallest absolute Gasteiger partial charge is 0.0931 e. The average Bonchev–Trinajstić information content (AvgIpc) is 2.88. The van der Waals surface area contributed by atoms with Crippen molar-refractivity contribution in [1.82, 2.24) is 4.98 Å². The van der Waals surface area contributed by atoms with Crippen molar-refractivity contribution in [2.45, 2.75) is 12.8 Å². The van der Waals surface area contributed by atoms with Gasteiger partial charge in [0.05, 0.1) is 11.2 Å². The summed E-state index contributed by atoms with van der Waals surface area (Å²) < 4.78 is 4.94. The highest BCUT2D eigenvalue weighted by Gasteiger charge is 1.95. The molecule has 2 heterocycles. The first-order chi connectivity index (χ1) is 7.88. The SMILES string of the molecule is C1CCOC1.Nc1cccc2cccnc12. The summed E-state index contributed by atoms with van der Waals surface area (Å²) in [5.41, 5.74) is 7.32. The van der Waals surface area contributed by atoms with Gasteiger partial charge in [-0.05, 0) is 25.0 Å². The van der Waals surface area contributed by atoms with Crippen LogP contribution >= 0.6 is 0 Å². The number of fused-ring (bicyclic) bond motifs is 1. The monoisotopic (exact) mass is 216 g/mol. The highest BCUT2D eigenvalue weighted by Crippen LogP contribution is 2.16. The van der Waals surface area contributed by atoms with E-state index in [2.05, 4.69) is 4.98 Å². The van der Waals surface area contributed by atoms with Gasteiger partial charge in [0.25, 0.3) is 0 Å². The van der Waals surface area contributed by atoms with Crippen molar-refractivity contribution < 1.29 is 4.74 Å². The van der Waals surface area contributed by atoms with E-state index in [0.717, 1.165) is 29.8 Å². The second-order valence-corrected chi connectivity index (χ2v) is 3.74. The van der Waals surface area contributed by atoms with Crippen molar-refractivity contribution in [3.63, 3.8) is 0 Å². The third-order valence-corrected chi connectivity index (χ3v) is 2.49. The molecule has 2 N–H and O–H groups in total. The number of nitrogens with zero attached hydrogens (tertiary/aromatic N) is 1. The van der Waals surface area contributed by atoms with Crippen LogP contribution in [-0.4, -0.2) is 18.2 Å². The van der Waals surface area contributed by atoms with E-state index in [1.54, 1.807) is 6.20 Å². The number of hydrogen-bond acceptors (Lipinski definition) is 3. The molecule has 0 saturated carbocycles. The summed E-state index contributed by atoms with van der Waals surface area (Å²) in [6.45, 7) is 2.00. The first kappa shape index (κ1) is 10.9. The van der Waals surface area contributed by atoms with Gasteiger partial charge in [0.1, 0.15) is 0 Å². The van der Waals surface area contributed by atoms with E-state index < -0.39 is 0 Å². The summed E-state index contributed by atoms with van der Waals surface area (Å²) in [7, 11) is 0. The molecule has 3 nitrogen and oxygen atoms in total. The minimum absolute atomic E-state index is 0.739. The number of rotatable bonds is 0. The molecule has 3 heteroatoms. The van der Waals surface area contributed by atoms with Gasteiger partial charge in [-0.3, -0.25) is 4.98 Å². The van der Waals surface area contributed by atoms with Crippen LogP contribution in [0.25, 0.3) is 10.9 Å². The zero-order chi connectivity index (χ0) is 11.2. The van der Waals surface area contributed by atoms with Crippen LogP contribution in [0.1, 0.15) is 12.8 Å². The third-order valence-electron chi connectivity index (χ3n) is 2.49. The molecular formula is C13H16N2O. The first-order valence-corrected chi connectivity index (χ1v) is 5.55. The summed E-state index contributed by atoms with van der Waals surface area (Å²) in [6, 6.07) is 9.69. The van der Waals surface area contributed by atoms with E-state index in [9.17, 15) is 0 Å². The molecule has 0 amide bonds. The molecule has 0 unspecified atom stereocenters. The van der Waals surface area contributed by atoms with Crippen LogP contribution in [0, 0.1) is 0 Å². The molecular weight excluding hydrogens is 200 g/mol. The number of anilines is 1. The highest BCUT2D eigenvalue weighted by molar-refractivity contribution is 5.88. The van der Waals surface area contributed by atoms with Crippen molar-refractivity contribution in [3.05, 3.63) is 36.5 Å². The Balaban J connectivity index is 0.000000162. The predicted octanol–water partition coefficient (Wildman–Crippen LogP) is 2.61. The summed E-state index contributed by atoms with van der Waals surface area (Å²) in [5, 5.41) is 1.09. The topological polar surface area (TPSA) is 48.1 Å². The van der Waals surface area contributed by atoms with Crippen LogP contribution in [-0.2, 0) is 4.74 Å². The molecule has 1 aliphatic rings. The van der Waals surface area contributed by atoms with Crippen molar-refractivity contribution in [2.75, 3.05) is 18.9 Å². The Bertz CT molecular complexity index is 440. The van der Waals surface area contributed by atoms with Gasteiger partial charge >= 0.3 is 0 Å². The lowest BCUT2D eigenvalue weighted by Gasteiger charge is -1.97. The zero-order valence-electron chi connectivity index (χ0n) is 9.23. The van der Waals surface area contributed by atoms with Gasteiger partial charge in [0.2, 0.25) is 0 Å². The van der Waals surface area contributed by atoms with Crippen molar-refractivity contribution in [2.24, 2.45) is 0 Å². The van der Waals surface area contributed by atoms with Crippen LogP contribution in [0.4, 0.5) is 5.69 Å². The molecule has 0 radical (unpaired) electrons. The van der Waals surface area contributed by atoms with Crippen LogP contribution in [0.15, 0.2) is 36.5 Å². The molecule has 0 atom stereocenters. The third kappa shape index (κ3) is 2.70. The van der Waals surface area contributed by atoms with Gasteiger partial charge in [0.15, 0.2) is 0 Å². The molecule has 1 aliphatic heterocycles. The number of para-hydroxylation sites is 1. The van der Waals surface area contributed by atoms with Gasteiger partial charge in [-0.15, -0.1) is 0 Å². The van der Waals surface area contributed by atoms with Crippen LogP contribution < -0.4 is 5.73 Å². The molecule has 0 aliphatic carbocycles. The van der Waals surface area contributed by atoms with Gasteiger partial charge < -0.3 is 10.5 Å². The lowest BCUT2D eigenvalue weighted by molar-refractivity contribution is 0.198. The Morgan fingerprint density at radius 1 is 1.06 bits per heavy atom. The fraction of sp³-hybridized carbons (Fsp3) is 0.308. The summed E-state index contributed by atoms with van der Waals surface area (Å²) in [4.78, 5) is 4.16. The van der Waals surface area contributed by atoms with Crippen LogP contribution in [0.5, 0.6) is 0 Å². The van der Waals surface area contributed by atoms with Gasteiger partial charge in [-0.2, -0.15) is 0 Å². The largest absolute Gasteiger partial charge is 0.397 e. The van der Waals surface area contributed by atoms with Gasteiger partial charge in [-0.1, -0.05) is 18.2 Å². The van der Waals surface area contributed by atoms with Gasteiger partial charge in [-0.25, -0.2) is 0 Å². The Hall–Kier alpha value is -1.61. The molecule has 16 heavy (non-hydrogen) atoms. The molecule has 1 fully saturated rings. The molecule has 1 aromatic carbocycles. The molecule has 0 spiro atoms. The quantitative estimate of drug-likeness (QED) is 0.689. The zero-order valence-corrected chi connectivity index (χ0v) is 9.23. The van der Waals surface area contributed by atoms with Gasteiger partial charge in [0, 0.05) is 24.8 Å². The Morgan fingerprint density at radius 3 is 2.44 bits per heavy atom. The highest BCUT2D eigenvalue weighted by atomic mass is 16.5. The average molecular weight is 216 g/mol. The Morgan fingerprint density at radius 2 is 1.81 bits per heavy atom. The van der Waals surface area contributed by atoms with E-state index in [1.807, 2.05) is 30.3 Å². The standard InChI is InChI=1S/C9H8N2.C4H8O/c10-8-5-1-3-7-4-2-6-11-9(7)8;1-2-4-5-3-1/h1-6H,10H2;1-4H2. The maximum Gasteiger partial charge on any atom is 0.0931 e. The van der Waals surface area contributed by atoms with Crippen LogP contribution in [0.3, 0.4) is 0 Å². The fourth-order valence-electron chi connectivity index (χ4n) is 1.64. The molecule has 1 saturated heterocycles. The number of ether oxygens (including phenoxy) is 1. The lowest BCUT2D eigenvalue weighted by atomic mass is 10.2. The van der Waals surface area contributed by atoms with Crippen molar-refractivity contribution >= 4 is 16.6 Å².